The largest absolute Gasteiger partial charge is 0.382 e. The lowest BCUT2D eigenvalue weighted by atomic mass is 9.92. The van der Waals surface area contributed by atoms with Crippen molar-refractivity contribution in [1.29, 1.82) is 0 Å². The topological polar surface area (TPSA) is 128 Å². The molecule has 0 aliphatic carbocycles. The van der Waals surface area contributed by atoms with Crippen molar-refractivity contribution in [2.75, 3.05) is 24.7 Å². The monoisotopic (exact) mass is 525 g/mol. The summed E-state index contributed by atoms with van der Waals surface area (Å²) in [7, 11) is 1.64. The van der Waals surface area contributed by atoms with E-state index in [1.807, 2.05) is 40.6 Å². The van der Waals surface area contributed by atoms with Crippen LogP contribution in [0.1, 0.15) is 66.4 Å². The van der Waals surface area contributed by atoms with Gasteiger partial charge in [-0.3, -0.25) is 14.0 Å². The summed E-state index contributed by atoms with van der Waals surface area (Å²) in [5.41, 5.74) is 10.0. The maximum absolute atomic E-state index is 12.9. The number of methoxy groups -OCH3 is 1. The standard InChI is InChI=1S/C29H31N7O3/c1-17(39-2)20-11-12-31-23(15-20)33-29(38)19-5-3-18(4-6-19)25-26-27(30)32-13-14-35(26)28(34-25)21-7-8-22-9-10-24(37)36(22)16-21/h3-6,11-15,17,21-22H,7-10,16H2,1-2H3,(H2,30,32)(H,31,33,38). The van der Waals surface area contributed by atoms with Gasteiger partial charge in [0.15, 0.2) is 0 Å². The summed E-state index contributed by atoms with van der Waals surface area (Å²) in [4.78, 5) is 41.0. The van der Waals surface area contributed by atoms with Crippen LogP contribution < -0.4 is 11.1 Å². The number of pyridine rings is 1. The number of nitrogens with zero attached hydrogens (tertiary/aromatic N) is 5. The molecule has 0 spiro atoms. The Morgan fingerprint density at radius 3 is 2.74 bits per heavy atom. The van der Waals surface area contributed by atoms with E-state index in [0.29, 0.717) is 41.9 Å². The minimum absolute atomic E-state index is 0.106. The molecule has 6 rings (SSSR count). The highest BCUT2D eigenvalue weighted by atomic mass is 16.5. The Labute approximate surface area is 226 Å². The average molecular weight is 526 g/mol. The molecular weight excluding hydrogens is 494 g/mol. The van der Waals surface area contributed by atoms with Gasteiger partial charge >= 0.3 is 0 Å². The third kappa shape index (κ3) is 4.61. The maximum Gasteiger partial charge on any atom is 0.256 e. The number of carbonyl (C=O) groups excluding carboxylic acids is 2. The van der Waals surface area contributed by atoms with Crippen LogP contribution >= 0.6 is 0 Å². The summed E-state index contributed by atoms with van der Waals surface area (Å²) in [5.74, 6) is 1.80. The van der Waals surface area contributed by atoms with Crippen molar-refractivity contribution in [1.82, 2.24) is 24.3 Å². The van der Waals surface area contributed by atoms with Crippen molar-refractivity contribution in [3.05, 3.63) is 71.9 Å². The molecule has 4 aromatic rings. The van der Waals surface area contributed by atoms with Gasteiger partial charge in [0.05, 0.1) is 6.10 Å². The Balaban J connectivity index is 1.27. The normalized spacial score (nSPS) is 19.7. The molecule has 3 atom stereocenters. The van der Waals surface area contributed by atoms with Crippen molar-refractivity contribution < 1.29 is 14.3 Å². The quantitative estimate of drug-likeness (QED) is 0.386. The van der Waals surface area contributed by atoms with Crippen LogP contribution in [0.5, 0.6) is 0 Å². The highest BCUT2D eigenvalue weighted by Crippen LogP contribution is 2.38. The molecule has 3 unspecified atom stereocenters. The number of benzene rings is 1. The van der Waals surface area contributed by atoms with Crippen molar-refractivity contribution >= 4 is 29.0 Å². The summed E-state index contributed by atoms with van der Waals surface area (Å²) in [6.07, 6.45) is 8.62. The second-order valence-corrected chi connectivity index (χ2v) is 10.2. The molecule has 0 saturated carbocycles. The molecule has 2 saturated heterocycles. The molecule has 10 heteroatoms. The number of carbonyl (C=O) groups is 2. The van der Waals surface area contributed by atoms with Gasteiger partial charge in [-0.05, 0) is 56.0 Å². The lowest BCUT2D eigenvalue weighted by molar-refractivity contribution is -0.130. The fourth-order valence-electron chi connectivity index (χ4n) is 5.73. The predicted molar refractivity (Wildman–Crippen MR) is 147 cm³/mol. The van der Waals surface area contributed by atoms with Crippen molar-refractivity contribution in [2.45, 2.75) is 50.7 Å². The molecule has 10 nitrogen and oxygen atoms in total. The average Bonchev–Trinajstić information content (AvgIpc) is 3.54. The van der Waals surface area contributed by atoms with E-state index in [-0.39, 0.29) is 23.8 Å². The molecule has 2 amide bonds. The van der Waals surface area contributed by atoms with Crippen LogP contribution in [0.3, 0.4) is 0 Å². The molecule has 0 radical (unpaired) electrons. The number of hydrogen-bond acceptors (Lipinski definition) is 7. The van der Waals surface area contributed by atoms with E-state index in [4.69, 9.17) is 15.5 Å². The molecular formula is C29H31N7O3. The number of amides is 2. The van der Waals surface area contributed by atoms with Gasteiger partial charge < -0.3 is 20.7 Å². The van der Waals surface area contributed by atoms with Gasteiger partial charge in [-0.15, -0.1) is 0 Å². The first-order valence-electron chi connectivity index (χ1n) is 13.3. The number of fused-ring (bicyclic) bond motifs is 2. The molecule has 200 valence electrons. The third-order valence-electron chi connectivity index (χ3n) is 7.96. The summed E-state index contributed by atoms with van der Waals surface area (Å²) < 4.78 is 7.36. The van der Waals surface area contributed by atoms with Gasteiger partial charge in [0.1, 0.15) is 28.7 Å². The predicted octanol–water partition coefficient (Wildman–Crippen LogP) is 4.20. The lowest BCUT2D eigenvalue weighted by Gasteiger charge is -2.34. The molecule has 2 fully saturated rings. The van der Waals surface area contributed by atoms with Gasteiger partial charge in [-0.1, -0.05) is 12.1 Å². The minimum atomic E-state index is -0.264. The van der Waals surface area contributed by atoms with Gasteiger partial charge in [-0.25, -0.2) is 15.0 Å². The smallest absolute Gasteiger partial charge is 0.256 e. The second-order valence-electron chi connectivity index (χ2n) is 10.2. The Morgan fingerprint density at radius 2 is 1.95 bits per heavy atom. The SMILES string of the molecule is COC(C)c1ccnc(NC(=O)c2ccc(-c3nc(C4CCC5CCC(=O)N5C4)n4ccnc(N)c34)cc2)c1. The first-order chi connectivity index (χ1) is 18.9. The van der Waals surface area contributed by atoms with Crippen molar-refractivity contribution in [3.63, 3.8) is 0 Å². The Bertz CT molecular complexity index is 1550. The number of rotatable bonds is 6. The first-order valence-corrected chi connectivity index (χ1v) is 13.3. The third-order valence-corrected chi connectivity index (χ3v) is 7.96. The Hall–Kier alpha value is -4.31. The van der Waals surface area contributed by atoms with E-state index < -0.39 is 0 Å². The highest BCUT2D eigenvalue weighted by molar-refractivity contribution is 6.04. The fourth-order valence-corrected chi connectivity index (χ4v) is 5.73. The van der Waals surface area contributed by atoms with Crippen LogP contribution in [0.15, 0.2) is 55.0 Å². The van der Waals surface area contributed by atoms with E-state index in [1.54, 1.807) is 37.7 Å². The highest BCUT2D eigenvalue weighted by Gasteiger charge is 2.38. The number of nitrogens with two attached hydrogens (primary N) is 1. The van der Waals surface area contributed by atoms with Crippen LogP contribution in [-0.4, -0.2) is 55.8 Å². The zero-order valence-electron chi connectivity index (χ0n) is 22.0. The van der Waals surface area contributed by atoms with E-state index in [2.05, 4.69) is 15.3 Å². The number of nitrogen functional groups attached to an aromatic ring is 1. The minimum Gasteiger partial charge on any atom is -0.382 e. The summed E-state index contributed by atoms with van der Waals surface area (Å²) >= 11 is 0. The molecule has 39 heavy (non-hydrogen) atoms. The van der Waals surface area contributed by atoms with E-state index in [1.165, 1.54) is 0 Å². The number of hydrogen-bond donors (Lipinski definition) is 2. The number of imidazole rings is 1. The molecule has 0 bridgehead atoms. The van der Waals surface area contributed by atoms with E-state index in [0.717, 1.165) is 41.7 Å². The van der Waals surface area contributed by atoms with Crippen LogP contribution in [0, 0.1) is 0 Å². The Kier molecular flexibility index (Phi) is 6.48. The van der Waals surface area contributed by atoms with Gasteiger partial charge in [0.2, 0.25) is 5.91 Å². The van der Waals surface area contributed by atoms with Gasteiger partial charge in [-0.2, -0.15) is 0 Å². The van der Waals surface area contributed by atoms with Crippen molar-refractivity contribution in [2.24, 2.45) is 0 Å². The number of aromatic nitrogens is 4. The molecule has 1 aromatic carbocycles. The maximum atomic E-state index is 12.9. The van der Waals surface area contributed by atoms with Crippen LogP contribution in [0.2, 0.25) is 0 Å². The lowest BCUT2D eigenvalue weighted by Crippen LogP contribution is -2.41. The van der Waals surface area contributed by atoms with Crippen LogP contribution in [0.4, 0.5) is 11.6 Å². The van der Waals surface area contributed by atoms with E-state index >= 15 is 0 Å². The van der Waals surface area contributed by atoms with Crippen molar-refractivity contribution in [3.8, 4) is 11.3 Å². The molecule has 2 aliphatic heterocycles. The van der Waals surface area contributed by atoms with Gasteiger partial charge in [0.25, 0.3) is 5.91 Å². The van der Waals surface area contributed by atoms with E-state index in [9.17, 15) is 9.59 Å². The molecule has 3 N–H and O–H groups in total. The summed E-state index contributed by atoms with van der Waals surface area (Å²) in [5, 5.41) is 2.86. The molecule has 2 aliphatic rings. The second kappa shape index (κ2) is 10.1. The number of anilines is 2. The summed E-state index contributed by atoms with van der Waals surface area (Å²) in [6, 6.07) is 11.3. The zero-order valence-corrected chi connectivity index (χ0v) is 22.0. The molecule has 3 aromatic heterocycles. The molecule has 5 heterocycles. The van der Waals surface area contributed by atoms with Crippen LogP contribution in [0.25, 0.3) is 16.8 Å². The number of ether oxygens (including phenoxy) is 1. The fraction of sp³-hybridized carbons (Fsp3) is 0.345. The van der Waals surface area contributed by atoms with Gasteiger partial charge in [0, 0.05) is 61.8 Å². The Morgan fingerprint density at radius 1 is 1.13 bits per heavy atom. The summed E-state index contributed by atoms with van der Waals surface area (Å²) in [6.45, 7) is 2.60. The first kappa shape index (κ1) is 25.0. The van der Waals surface area contributed by atoms with Crippen LogP contribution in [-0.2, 0) is 9.53 Å². The number of nitrogens with one attached hydrogen (secondary N) is 1. The zero-order chi connectivity index (χ0) is 27.1. The number of piperidine rings is 1.